The topological polar surface area (TPSA) is 62.6 Å². The molecule has 1 heterocycles. The monoisotopic (exact) mass is 388 g/mol. The van der Waals surface area contributed by atoms with E-state index < -0.39 is 11.7 Å². The molecule has 0 bridgehead atoms. The van der Waals surface area contributed by atoms with Gasteiger partial charge < -0.3 is 14.4 Å². The molecule has 0 N–H and O–H groups in total. The fraction of sp³-hybridized carbons (Fsp3) is 0.300. The number of halogens is 2. The Hall–Kier alpha value is -2.62. The van der Waals surface area contributed by atoms with Gasteiger partial charge in [0.15, 0.2) is 0 Å². The molecule has 1 aliphatic heterocycles. The van der Waals surface area contributed by atoms with Crippen LogP contribution >= 0.6 is 11.6 Å². The average molecular weight is 389 g/mol. The number of amides is 1. The van der Waals surface area contributed by atoms with Crippen molar-refractivity contribution in [1.29, 1.82) is 5.26 Å². The van der Waals surface area contributed by atoms with Gasteiger partial charge in [-0.15, -0.1) is 0 Å². The molecule has 0 radical (unpaired) electrons. The van der Waals surface area contributed by atoms with Gasteiger partial charge in [-0.2, -0.15) is 5.26 Å². The Morgan fingerprint density at radius 1 is 1.41 bits per heavy atom. The second-order valence-electron chi connectivity index (χ2n) is 6.27. The van der Waals surface area contributed by atoms with E-state index in [-0.39, 0.29) is 23.8 Å². The highest BCUT2D eigenvalue weighted by atomic mass is 35.5. The van der Waals surface area contributed by atoms with Gasteiger partial charge in [0.1, 0.15) is 24.3 Å². The summed E-state index contributed by atoms with van der Waals surface area (Å²) in [6.07, 6.45) is -0.319. The number of benzene rings is 2. The third-order valence-corrected chi connectivity index (χ3v) is 4.74. The summed E-state index contributed by atoms with van der Waals surface area (Å²) < 4.78 is 25.5. The lowest BCUT2D eigenvalue weighted by Gasteiger charge is -2.33. The van der Waals surface area contributed by atoms with E-state index in [0.29, 0.717) is 30.5 Å². The number of rotatable bonds is 4. The van der Waals surface area contributed by atoms with Gasteiger partial charge in [-0.3, -0.25) is 4.79 Å². The number of morpholine rings is 1. The van der Waals surface area contributed by atoms with Crippen LogP contribution in [0.4, 0.5) is 4.39 Å². The summed E-state index contributed by atoms with van der Waals surface area (Å²) in [6, 6.07) is 11.1. The van der Waals surface area contributed by atoms with Crippen LogP contribution < -0.4 is 4.74 Å². The summed E-state index contributed by atoms with van der Waals surface area (Å²) in [5.41, 5.74) is 1.03. The molecule has 5 nitrogen and oxygen atoms in total. The Morgan fingerprint density at radius 2 is 2.22 bits per heavy atom. The molecule has 2 aromatic carbocycles. The summed E-state index contributed by atoms with van der Waals surface area (Å²) in [7, 11) is 0. The molecule has 7 heteroatoms. The first-order valence-corrected chi connectivity index (χ1v) is 8.85. The molecule has 1 unspecified atom stereocenters. The number of ether oxygens (including phenoxy) is 2. The van der Waals surface area contributed by atoms with Crippen LogP contribution in [0.2, 0.25) is 5.02 Å². The number of carbonyl (C=O) groups is 1. The molecule has 0 spiro atoms. The van der Waals surface area contributed by atoms with Gasteiger partial charge >= 0.3 is 0 Å². The number of aryl methyl sites for hydroxylation is 1. The SMILES string of the molecule is Cc1cc(OCC2CN(C(=O)c3ccc(C#N)cc3F)CCO2)ccc1Cl. The smallest absolute Gasteiger partial charge is 0.256 e. The minimum absolute atomic E-state index is 0.0519. The molecular weight excluding hydrogens is 371 g/mol. The van der Waals surface area contributed by atoms with Gasteiger partial charge in [-0.05, 0) is 48.9 Å². The summed E-state index contributed by atoms with van der Waals surface area (Å²) in [5.74, 6) is -0.454. The van der Waals surface area contributed by atoms with E-state index in [2.05, 4.69) is 0 Å². The van der Waals surface area contributed by atoms with Crippen LogP contribution in [0.1, 0.15) is 21.5 Å². The zero-order valence-corrected chi connectivity index (χ0v) is 15.5. The number of carbonyl (C=O) groups excluding carboxylic acids is 1. The Balaban J connectivity index is 1.62. The lowest BCUT2D eigenvalue weighted by molar-refractivity contribution is -0.0402. The van der Waals surface area contributed by atoms with Gasteiger partial charge in [0.25, 0.3) is 5.91 Å². The molecule has 1 fully saturated rings. The van der Waals surface area contributed by atoms with Gasteiger partial charge in [-0.1, -0.05) is 11.6 Å². The molecule has 27 heavy (non-hydrogen) atoms. The van der Waals surface area contributed by atoms with Crippen molar-refractivity contribution in [2.24, 2.45) is 0 Å². The Bertz CT molecular complexity index is 897. The maximum absolute atomic E-state index is 14.1. The highest BCUT2D eigenvalue weighted by molar-refractivity contribution is 6.31. The average Bonchev–Trinajstić information content (AvgIpc) is 2.68. The lowest BCUT2D eigenvalue weighted by Crippen LogP contribution is -2.47. The zero-order chi connectivity index (χ0) is 19.4. The molecule has 1 saturated heterocycles. The highest BCUT2D eigenvalue weighted by Crippen LogP contribution is 2.22. The predicted molar refractivity (Wildman–Crippen MR) is 98.4 cm³/mol. The summed E-state index contributed by atoms with van der Waals surface area (Å²) in [5, 5.41) is 9.47. The Morgan fingerprint density at radius 3 is 2.93 bits per heavy atom. The summed E-state index contributed by atoms with van der Waals surface area (Å²) >= 11 is 6.00. The largest absolute Gasteiger partial charge is 0.491 e. The lowest BCUT2D eigenvalue weighted by atomic mass is 10.1. The van der Waals surface area contributed by atoms with Crippen LogP contribution in [0.25, 0.3) is 0 Å². The van der Waals surface area contributed by atoms with Crippen molar-refractivity contribution < 1.29 is 18.7 Å². The van der Waals surface area contributed by atoms with Gasteiger partial charge in [-0.25, -0.2) is 4.39 Å². The molecule has 1 amide bonds. The normalized spacial score (nSPS) is 16.7. The van der Waals surface area contributed by atoms with Crippen LogP contribution in [0.15, 0.2) is 36.4 Å². The fourth-order valence-corrected chi connectivity index (χ4v) is 2.95. The first kappa shape index (κ1) is 19.2. The van der Waals surface area contributed by atoms with Crippen molar-refractivity contribution in [3.63, 3.8) is 0 Å². The minimum atomic E-state index is -0.699. The second kappa shape index (κ2) is 8.38. The Labute approximate surface area is 161 Å². The van der Waals surface area contributed by atoms with Gasteiger partial charge in [0, 0.05) is 11.6 Å². The molecule has 0 aromatic heterocycles. The van der Waals surface area contributed by atoms with E-state index in [9.17, 15) is 9.18 Å². The number of hydrogen-bond donors (Lipinski definition) is 0. The Kier molecular flexibility index (Phi) is 5.94. The molecular formula is C20H18ClFN2O3. The van der Waals surface area contributed by atoms with E-state index in [4.69, 9.17) is 26.3 Å². The van der Waals surface area contributed by atoms with E-state index >= 15 is 0 Å². The number of nitrogens with zero attached hydrogens (tertiary/aromatic N) is 2. The fourth-order valence-electron chi connectivity index (χ4n) is 2.83. The van der Waals surface area contributed by atoms with Crippen molar-refractivity contribution in [1.82, 2.24) is 4.90 Å². The molecule has 1 aliphatic rings. The highest BCUT2D eigenvalue weighted by Gasteiger charge is 2.27. The van der Waals surface area contributed by atoms with Crippen LogP contribution in [0, 0.1) is 24.1 Å². The molecule has 3 rings (SSSR count). The van der Waals surface area contributed by atoms with Gasteiger partial charge in [0.05, 0.1) is 30.3 Å². The van der Waals surface area contributed by atoms with Crippen LogP contribution in [0.3, 0.4) is 0 Å². The predicted octanol–water partition coefficient (Wildman–Crippen LogP) is 3.58. The summed E-state index contributed by atoms with van der Waals surface area (Å²) in [4.78, 5) is 14.2. The molecule has 0 aliphatic carbocycles. The van der Waals surface area contributed by atoms with E-state index in [1.807, 2.05) is 19.1 Å². The van der Waals surface area contributed by atoms with Crippen LogP contribution in [-0.4, -0.2) is 43.2 Å². The molecule has 0 saturated carbocycles. The van der Waals surface area contributed by atoms with Crippen molar-refractivity contribution in [3.05, 3.63) is 63.9 Å². The maximum Gasteiger partial charge on any atom is 0.256 e. The number of hydrogen-bond acceptors (Lipinski definition) is 4. The van der Waals surface area contributed by atoms with Crippen molar-refractivity contribution in [2.45, 2.75) is 13.0 Å². The third-order valence-electron chi connectivity index (χ3n) is 4.32. The zero-order valence-electron chi connectivity index (χ0n) is 14.7. The van der Waals surface area contributed by atoms with Gasteiger partial charge in [0.2, 0.25) is 0 Å². The van der Waals surface area contributed by atoms with Crippen molar-refractivity contribution >= 4 is 17.5 Å². The van der Waals surface area contributed by atoms with E-state index in [1.165, 1.54) is 17.0 Å². The van der Waals surface area contributed by atoms with E-state index in [0.717, 1.165) is 11.6 Å². The third kappa shape index (κ3) is 4.57. The van der Waals surface area contributed by atoms with Crippen molar-refractivity contribution in [2.75, 3.05) is 26.3 Å². The molecule has 1 atom stereocenters. The first-order chi connectivity index (χ1) is 13.0. The summed E-state index contributed by atoms with van der Waals surface area (Å²) in [6.45, 7) is 3.16. The second-order valence-corrected chi connectivity index (χ2v) is 6.68. The standard InChI is InChI=1S/C20H18ClFN2O3/c1-13-8-15(3-5-18(13)21)27-12-16-11-24(6-7-26-16)20(25)17-4-2-14(10-23)9-19(17)22/h2-5,8-9,16H,6-7,11-12H2,1H3. The van der Waals surface area contributed by atoms with Crippen LogP contribution in [-0.2, 0) is 4.74 Å². The molecule has 140 valence electrons. The first-order valence-electron chi connectivity index (χ1n) is 8.47. The number of nitriles is 1. The maximum atomic E-state index is 14.1. The van der Waals surface area contributed by atoms with E-state index in [1.54, 1.807) is 12.1 Å². The quantitative estimate of drug-likeness (QED) is 0.803. The van der Waals surface area contributed by atoms with Crippen LogP contribution in [0.5, 0.6) is 5.75 Å². The van der Waals surface area contributed by atoms with Crippen molar-refractivity contribution in [3.8, 4) is 11.8 Å². The molecule has 2 aromatic rings. The minimum Gasteiger partial charge on any atom is -0.491 e.